The Labute approximate surface area is 105 Å². The summed E-state index contributed by atoms with van der Waals surface area (Å²) in [6.45, 7) is 6.95. The number of aryl methyl sites for hydroxylation is 2. The van der Waals surface area contributed by atoms with Gasteiger partial charge in [0.1, 0.15) is 12.4 Å². The number of rotatable bonds is 7. The molecule has 2 nitrogen and oxygen atoms in total. The van der Waals surface area contributed by atoms with Gasteiger partial charge in [-0.25, -0.2) is 0 Å². The summed E-state index contributed by atoms with van der Waals surface area (Å²) in [6, 6.07) is 6.67. The van der Waals surface area contributed by atoms with Crippen molar-refractivity contribution in [2.24, 2.45) is 5.73 Å². The minimum absolute atomic E-state index is 0.0828. The van der Waals surface area contributed by atoms with Crippen LogP contribution in [0.25, 0.3) is 0 Å². The summed E-state index contributed by atoms with van der Waals surface area (Å²) >= 11 is 0. The second-order valence-corrected chi connectivity index (χ2v) is 4.77. The largest absolute Gasteiger partial charge is 0.492 e. The van der Waals surface area contributed by atoms with Crippen molar-refractivity contribution in [3.63, 3.8) is 0 Å². The van der Waals surface area contributed by atoms with E-state index < -0.39 is 0 Å². The Morgan fingerprint density at radius 2 is 1.59 bits per heavy atom. The zero-order valence-corrected chi connectivity index (χ0v) is 11.3. The number of nitrogens with two attached hydrogens (primary N) is 1. The quantitative estimate of drug-likeness (QED) is 0.787. The molecular weight excluding hydrogens is 210 g/mol. The molecule has 0 amide bonds. The molecule has 17 heavy (non-hydrogen) atoms. The number of hydrogen-bond acceptors (Lipinski definition) is 2. The van der Waals surface area contributed by atoms with Gasteiger partial charge in [0.15, 0.2) is 0 Å². The van der Waals surface area contributed by atoms with E-state index in [2.05, 4.69) is 32.0 Å². The Kier molecular flexibility index (Phi) is 6.06. The Morgan fingerprint density at radius 1 is 1.06 bits per heavy atom. The summed E-state index contributed by atoms with van der Waals surface area (Å²) < 4.78 is 5.72. The van der Waals surface area contributed by atoms with Gasteiger partial charge in [0.25, 0.3) is 0 Å². The van der Waals surface area contributed by atoms with Crippen LogP contribution in [0.3, 0.4) is 0 Å². The van der Waals surface area contributed by atoms with E-state index in [1.54, 1.807) is 0 Å². The van der Waals surface area contributed by atoms with E-state index in [1.165, 1.54) is 24.0 Å². The maximum atomic E-state index is 5.72. The van der Waals surface area contributed by atoms with Gasteiger partial charge in [-0.2, -0.15) is 0 Å². The lowest BCUT2D eigenvalue weighted by Gasteiger charge is -2.12. The van der Waals surface area contributed by atoms with Crippen LogP contribution in [0.1, 0.15) is 44.7 Å². The lowest BCUT2D eigenvalue weighted by molar-refractivity contribution is 0.295. The highest BCUT2D eigenvalue weighted by atomic mass is 16.5. The minimum Gasteiger partial charge on any atom is -0.492 e. The van der Waals surface area contributed by atoms with Gasteiger partial charge in [0, 0.05) is 6.04 Å². The molecule has 96 valence electrons. The van der Waals surface area contributed by atoms with E-state index in [1.807, 2.05) is 6.92 Å². The molecule has 1 aromatic rings. The zero-order chi connectivity index (χ0) is 12.7. The molecule has 0 fully saturated rings. The van der Waals surface area contributed by atoms with Gasteiger partial charge in [0.2, 0.25) is 0 Å². The fourth-order valence-corrected chi connectivity index (χ4v) is 1.91. The van der Waals surface area contributed by atoms with Gasteiger partial charge in [-0.3, -0.25) is 0 Å². The van der Waals surface area contributed by atoms with E-state index in [9.17, 15) is 0 Å². The summed E-state index contributed by atoms with van der Waals surface area (Å²) in [6.07, 6.45) is 4.57. The topological polar surface area (TPSA) is 35.2 Å². The molecule has 0 aromatic heterocycles. The Morgan fingerprint density at radius 3 is 2.00 bits per heavy atom. The molecule has 0 bridgehead atoms. The van der Waals surface area contributed by atoms with Crippen LogP contribution >= 0.6 is 0 Å². The van der Waals surface area contributed by atoms with Crippen LogP contribution in [-0.2, 0) is 12.8 Å². The predicted molar refractivity (Wildman–Crippen MR) is 73.6 cm³/mol. The molecule has 1 unspecified atom stereocenters. The Balaban J connectivity index is 2.79. The molecule has 2 heteroatoms. The third-order valence-electron chi connectivity index (χ3n) is 2.62. The SMILES string of the molecule is CCCc1cc(CCC)cc(OCC(C)N)c1. The lowest BCUT2D eigenvalue weighted by Crippen LogP contribution is -2.23. The number of benzene rings is 1. The molecule has 0 saturated heterocycles. The normalized spacial score (nSPS) is 12.5. The summed E-state index contributed by atoms with van der Waals surface area (Å²) in [4.78, 5) is 0. The average Bonchev–Trinajstić information content (AvgIpc) is 2.27. The fourth-order valence-electron chi connectivity index (χ4n) is 1.91. The van der Waals surface area contributed by atoms with Crippen molar-refractivity contribution in [1.82, 2.24) is 0 Å². The summed E-state index contributed by atoms with van der Waals surface area (Å²) in [5, 5.41) is 0. The first-order chi connectivity index (χ1) is 8.15. The minimum atomic E-state index is 0.0828. The van der Waals surface area contributed by atoms with Crippen molar-refractivity contribution < 1.29 is 4.74 Å². The highest BCUT2D eigenvalue weighted by molar-refractivity contribution is 5.34. The third kappa shape index (κ3) is 5.22. The summed E-state index contributed by atoms with van der Waals surface area (Å²) in [5.74, 6) is 0.969. The van der Waals surface area contributed by atoms with Crippen molar-refractivity contribution in [2.45, 2.75) is 52.5 Å². The highest BCUT2D eigenvalue weighted by Gasteiger charge is 2.03. The van der Waals surface area contributed by atoms with Crippen LogP contribution in [0.2, 0.25) is 0 Å². The second kappa shape index (κ2) is 7.33. The van der Waals surface area contributed by atoms with Crippen molar-refractivity contribution in [3.05, 3.63) is 29.3 Å². The van der Waals surface area contributed by atoms with Crippen LogP contribution < -0.4 is 10.5 Å². The molecule has 0 aliphatic heterocycles. The lowest BCUT2D eigenvalue weighted by atomic mass is 10.0. The van der Waals surface area contributed by atoms with E-state index >= 15 is 0 Å². The first-order valence-corrected chi connectivity index (χ1v) is 6.67. The van der Waals surface area contributed by atoms with Crippen LogP contribution in [-0.4, -0.2) is 12.6 Å². The monoisotopic (exact) mass is 235 g/mol. The molecule has 1 atom stereocenters. The molecule has 0 aliphatic rings. The molecule has 0 saturated carbocycles. The van der Waals surface area contributed by atoms with Gasteiger partial charge >= 0.3 is 0 Å². The van der Waals surface area contributed by atoms with Crippen molar-refractivity contribution in [2.75, 3.05) is 6.61 Å². The maximum Gasteiger partial charge on any atom is 0.119 e. The van der Waals surface area contributed by atoms with Crippen LogP contribution in [0.15, 0.2) is 18.2 Å². The average molecular weight is 235 g/mol. The fraction of sp³-hybridized carbons (Fsp3) is 0.600. The van der Waals surface area contributed by atoms with Crippen molar-refractivity contribution in [3.8, 4) is 5.75 Å². The molecule has 0 spiro atoms. The predicted octanol–water partition coefficient (Wildman–Crippen LogP) is 3.32. The molecule has 2 N–H and O–H groups in total. The number of ether oxygens (including phenoxy) is 1. The van der Waals surface area contributed by atoms with Gasteiger partial charge in [0.05, 0.1) is 0 Å². The molecule has 0 radical (unpaired) electrons. The zero-order valence-electron chi connectivity index (χ0n) is 11.3. The van der Waals surface area contributed by atoms with Crippen molar-refractivity contribution >= 4 is 0 Å². The molecule has 0 heterocycles. The molecular formula is C15H25NO. The second-order valence-electron chi connectivity index (χ2n) is 4.77. The first-order valence-electron chi connectivity index (χ1n) is 6.67. The van der Waals surface area contributed by atoms with E-state index in [-0.39, 0.29) is 6.04 Å². The number of hydrogen-bond donors (Lipinski definition) is 1. The maximum absolute atomic E-state index is 5.72. The van der Waals surface area contributed by atoms with Gasteiger partial charge < -0.3 is 10.5 Å². The van der Waals surface area contributed by atoms with Gasteiger partial charge in [-0.15, -0.1) is 0 Å². The molecule has 0 aliphatic carbocycles. The van der Waals surface area contributed by atoms with Crippen LogP contribution in [0.4, 0.5) is 0 Å². The smallest absolute Gasteiger partial charge is 0.119 e. The molecule has 1 aromatic carbocycles. The molecule has 1 rings (SSSR count). The highest BCUT2D eigenvalue weighted by Crippen LogP contribution is 2.20. The Hall–Kier alpha value is -1.02. The van der Waals surface area contributed by atoms with E-state index in [0.717, 1.165) is 18.6 Å². The van der Waals surface area contributed by atoms with Gasteiger partial charge in [-0.1, -0.05) is 32.8 Å². The summed E-state index contributed by atoms with van der Waals surface area (Å²) in [7, 11) is 0. The standard InChI is InChI=1S/C15H25NO/c1-4-6-13-8-14(7-5-2)10-15(9-13)17-11-12(3)16/h8-10,12H,4-7,11,16H2,1-3H3. The first kappa shape index (κ1) is 14.0. The van der Waals surface area contributed by atoms with Crippen LogP contribution in [0.5, 0.6) is 5.75 Å². The summed E-state index contributed by atoms with van der Waals surface area (Å²) in [5.41, 5.74) is 8.46. The van der Waals surface area contributed by atoms with E-state index in [0.29, 0.717) is 6.61 Å². The van der Waals surface area contributed by atoms with Gasteiger partial charge in [-0.05, 0) is 43.0 Å². The van der Waals surface area contributed by atoms with Crippen molar-refractivity contribution in [1.29, 1.82) is 0 Å². The van der Waals surface area contributed by atoms with E-state index in [4.69, 9.17) is 10.5 Å². The van der Waals surface area contributed by atoms with Crippen LogP contribution in [0, 0.1) is 0 Å². The third-order valence-corrected chi connectivity index (χ3v) is 2.62. The Bertz CT molecular complexity index is 309.